The fourth-order valence-electron chi connectivity index (χ4n) is 1.24. The summed E-state index contributed by atoms with van der Waals surface area (Å²) < 4.78 is 0. The highest BCUT2D eigenvalue weighted by Gasteiger charge is 1.89. The van der Waals surface area contributed by atoms with Gasteiger partial charge in [-0.15, -0.1) is 5.11 Å². The Bertz CT molecular complexity index is 421. The van der Waals surface area contributed by atoms with E-state index >= 15 is 0 Å². The quantitative estimate of drug-likeness (QED) is 0.594. The molecule has 0 fully saturated rings. The van der Waals surface area contributed by atoms with E-state index in [9.17, 15) is 0 Å². The number of aromatic amines is 1. The lowest BCUT2D eigenvalue weighted by Gasteiger charge is -2.02. The average Bonchev–Trinajstić information content (AvgIpc) is 2.83. The number of H-pyrrole nitrogens is 1. The van der Waals surface area contributed by atoms with Crippen LogP contribution in [0.4, 0.5) is 11.5 Å². The molecule has 0 amide bonds. The number of azo groups is 1. The Morgan fingerprint density at radius 3 is 2.81 bits per heavy atom. The first-order chi connectivity index (χ1) is 7.95. The molecule has 0 saturated carbocycles. The third kappa shape index (κ3) is 3.20. The summed E-state index contributed by atoms with van der Waals surface area (Å²) in [6.45, 7) is 1.39. The second-order valence-corrected chi connectivity index (χ2v) is 3.19. The van der Waals surface area contributed by atoms with Crippen molar-refractivity contribution in [3.8, 4) is 0 Å². The molecule has 0 bridgehead atoms. The summed E-state index contributed by atoms with van der Waals surface area (Å²) >= 11 is 0. The van der Waals surface area contributed by atoms with E-state index in [0.717, 1.165) is 12.2 Å². The van der Waals surface area contributed by atoms with E-state index in [1.165, 1.54) is 0 Å². The van der Waals surface area contributed by atoms with Crippen LogP contribution < -0.4 is 5.32 Å². The minimum atomic E-state index is 0.611. The van der Waals surface area contributed by atoms with Crippen LogP contribution in [0.5, 0.6) is 0 Å². The van der Waals surface area contributed by atoms with Gasteiger partial charge in [0.05, 0.1) is 6.54 Å². The van der Waals surface area contributed by atoms with Gasteiger partial charge in [0.15, 0.2) is 5.82 Å². The van der Waals surface area contributed by atoms with Gasteiger partial charge in [-0.05, 0) is 12.1 Å². The Balaban J connectivity index is 1.69. The number of aromatic nitrogens is 2. The molecular formula is C11H13N5. The molecule has 2 rings (SSSR count). The van der Waals surface area contributed by atoms with E-state index in [1.54, 1.807) is 12.3 Å². The second-order valence-electron chi connectivity index (χ2n) is 3.19. The van der Waals surface area contributed by atoms with E-state index in [0.29, 0.717) is 12.4 Å². The predicted molar refractivity (Wildman–Crippen MR) is 62.9 cm³/mol. The minimum absolute atomic E-state index is 0.611. The van der Waals surface area contributed by atoms with Gasteiger partial charge in [-0.25, -0.2) is 0 Å². The smallest absolute Gasteiger partial charge is 0.195 e. The van der Waals surface area contributed by atoms with Gasteiger partial charge in [0.2, 0.25) is 0 Å². The van der Waals surface area contributed by atoms with Crippen LogP contribution in [-0.2, 0) is 0 Å². The maximum atomic E-state index is 4.01. The summed E-state index contributed by atoms with van der Waals surface area (Å²) in [6, 6.07) is 11.8. The summed E-state index contributed by atoms with van der Waals surface area (Å²) in [5.41, 5.74) is 1.09. The third-order valence-electron chi connectivity index (χ3n) is 1.97. The molecule has 1 aromatic carbocycles. The van der Waals surface area contributed by atoms with E-state index in [2.05, 4.69) is 25.7 Å². The third-order valence-corrected chi connectivity index (χ3v) is 1.97. The Labute approximate surface area is 93.6 Å². The molecule has 0 aliphatic carbocycles. The fourth-order valence-corrected chi connectivity index (χ4v) is 1.24. The van der Waals surface area contributed by atoms with Crippen LogP contribution in [0.15, 0.2) is 52.8 Å². The zero-order valence-electron chi connectivity index (χ0n) is 8.80. The van der Waals surface area contributed by atoms with Crippen LogP contribution in [0.1, 0.15) is 0 Å². The zero-order valence-corrected chi connectivity index (χ0v) is 8.80. The molecule has 1 aromatic heterocycles. The number of para-hydroxylation sites is 1. The van der Waals surface area contributed by atoms with E-state index in [4.69, 9.17) is 0 Å². The maximum absolute atomic E-state index is 4.01. The van der Waals surface area contributed by atoms with Crippen molar-refractivity contribution >= 4 is 11.5 Å². The number of benzene rings is 1. The number of hydrogen-bond acceptors (Lipinski definition) is 4. The van der Waals surface area contributed by atoms with Crippen molar-refractivity contribution < 1.29 is 0 Å². The van der Waals surface area contributed by atoms with E-state index in [1.807, 2.05) is 30.3 Å². The Morgan fingerprint density at radius 1 is 1.19 bits per heavy atom. The minimum Gasteiger partial charge on any atom is -0.383 e. The lowest BCUT2D eigenvalue weighted by Crippen LogP contribution is -2.03. The first kappa shape index (κ1) is 10.4. The van der Waals surface area contributed by atoms with Crippen LogP contribution in [0.25, 0.3) is 0 Å². The van der Waals surface area contributed by atoms with E-state index in [-0.39, 0.29) is 0 Å². The molecule has 0 saturated heterocycles. The topological polar surface area (TPSA) is 65.4 Å². The molecule has 82 valence electrons. The van der Waals surface area contributed by atoms with Gasteiger partial charge < -0.3 is 5.32 Å². The monoisotopic (exact) mass is 215 g/mol. The van der Waals surface area contributed by atoms with E-state index < -0.39 is 0 Å². The molecule has 5 heteroatoms. The van der Waals surface area contributed by atoms with Crippen LogP contribution >= 0.6 is 0 Å². The summed E-state index contributed by atoms with van der Waals surface area (Å²) in [5, 5.41) is 17.7. The van der Waals surface area contributed by atoms with Crippen LogP contribution in [0, 0.1) is 0 Å². The molecule has 0 radical (unpaired) electrons. The van der Waals surface area contributed by atoms with Crippen molar-refractivity contribution in [2.24, 2.45) is 10.2 Å². The van der Waals surface area contributed by atoms with Gasteiger partial charge in [0.1, 0.15) is 0 Å². The second kappa shape index (κ2) is 5.65. The average molecular weight is 215 g/mol. The molecule has 16 heavy (non-hydrogen) atoms. The summed E-state index contributed by atoms with van der Waals surface area (Å²) in [6.07, 6.45) is 1.72. The molecular weight excluding hydrogens is 202 g/mol. The number of hydrogen-bond donors (Lipinski definition) is 2. The normalized spacial score (nSPS) is 10.8. The van der Waals surface area contributed by atoms with Crippen molar-refractivity contribution in [1.82, 2.24) is 10.2 Å². The molecule has 2 aromatic rings. The largest absolute Gasteiger partial charge is 0.383 e. The highest BCUT2D eigenvalue weighted by Crippen LogP contribution is 2.05. The number of nitrogens with one attached hydrogen (secondary N) is 2. The molecule has 1 heterocycles. The Morgan fingerprint density at radius 2 is 2.06 bits per heavy atom. The molecule has 0 atom stereocenters. The van der Waals surface area contributed by atoms with Crippen molar-refractivity contribution in [3.63, 3.8) is 0 Å². The molecule has 0 aliphatic heterocycles. The number of anilines is 1. The van der Waals surface area contributed by atoms with Gasteiger partial charge in [-0.3, -0.25) is 5.10 Å². The standard InChI is InChI=1S/C11H13N5/c1-2-4-10(5-3-1)12-8-9-14-16-11-6-7-13-15-11/h1-7,12H,8-9H2,(H,13,15). The van der Waals surface area contributed by atoms with Crippen molar-refractivity contribution in [3.05, 3.63) is 42.6 Å². The summed E-state index contributed by atoms with van der Waals surface area (Å²) in [5.74, 6) is 0.611. The highest BCUT2D eigenvalue weighted by atomic mass is 15.2. The van der Waals surface area contributed by atoms with Crippen molar-refractivity contribution in [1.29, 1.82) is 0 Å². The fraction of sp³-hybridized carbons (Fsp3) is 0.182. The number of rotatable bonds is 5. The van der Waals surface area contributed by atoms with Gasteiger partial charge in [0.25, 0.3) is 0 Å². The molecule has 5 nitrogen and oxygen atoms in total. The van der Waals surface area contributed by atoms with Crippen molar-refractivity contribution in [2.45, 2.75) is 0 Å². The molecule has 2 N–H and O–H groups in total. The van der Waals surface area contributed by atoms with Gasteiger partial charge >= 0.3 is 0 Å². The molecule has 0 unspecified atom stereocenters. The molecule has 0 spiro atoms. The zero-order chi connectivity index (χ0) is 11.1. The lowest BCUT2D eigenvalue weighted by atomic mass is 10.3. The van der Waals surface area contributed by atoms with Crippen LogP contribution in [-0.4, -0.2) is 23.3 Å². The molecule has 0 aliphatic rings. The lowest BCUT2D eigenvalue weighted by molar-refractivity contribution is 0.928. The Kier molecular flexibility index (Phi) is 3.65. The van der Waals surface area contributed by atoms with Gasteiger partial charge in [-0.2, -0.15) is 10.2 Å². The highest BCUT2D eigenvalue weighted by molar-refractivity contribution is 5.42. The van der Waals surface area contributed by atoms with Crippen LogP contribution in [0.2, 0.25) is 0 Å². The van der Waals surface area contributed by atoms with Crippen LogP contribution in [0.3, 0.4) is 0 Å². The summed E-state index contributed by atoms with van der Waals surface area (Å²) in [4.78, 5) is 0. The summed E-state index contributed by atoms with van der Waals surface area (Å²) in [7, 11) is 0. The first-order valence-corrected chi connectivity index (χ1v) is 5.11. The maximum Gasteiger partial charge on any atom is 0.195 e. The van der Waals surface area contributed by atoms with Gasteiger partial charge in [-0.1, -0.05) is 18.2 Å². The SMILES string of the molecule is c1ccc(NCCN=Nc2cc[nH]n2)cc1. The first-order valence-electron chi connectivity index (χ1n) is 5.11. The Hall–Kier alpha value is -2.17. The number of nitrogens with zero attached hydrogens (tertiary/aromatic N) is 3. The van der Waals surface area contributed by atoms with Gasteiger partial charge in [0, 0.05) is 24.5 Å². The predicted octanol–water partition coefficient (Wildman–Crippen LogP) is 2.61. The van der Waals surface area contributed by atoms with Crippen molar-refractivity contribution in [2.75, 3.05) is 18.4 Å².